The van der Waals surface area contributed by atoms with Crippen molar-refractivity contribution in [1.29, 1.82) is 0 Å². The number of carbonyl (C=O) groups excluding carboxylic acids is 1. The second-order valence-electron chi connectivity index (χ2n) is 4.98. The van der Waals surface area contributed by atoms with Crippen molar-refractivity contribution in [1.82, 2.24) is 5.32 Å². The summed E-state index contributed by atoms with van der Waals surface area (Å²) >= 11 is 0. The van der Waals surface area contributed by atoms with Gasteiger partial charge in [-0.15, -0.1) is 0 Å². The van der Waals surface area contributed by atoms with Crippen LogP contribution in [-0.2, 0) is 16.0 Å². The Morgan fingerprint density at radius 3 is 2.44 bits per heavy atom. The van der Waals surface area contributed by atoms with Crippen molar-refractivity contribution >= 4 is 11.9 Å². The Kier molecular flexibility index (Phi) is 3.36. The molecule has 2 rings (SSSR count). The molecule has 4 nitrogen and oxygen atoms in total. The van der Waals surface area contributed by atoms with Crippen molar-refractivity contribution in [3.8, 4) is 0 Å². The normalized spacial score (nSPS) is 17.8. The van der Waals surface area contributed by atoms with E-state index in [0.29, 0.717) is 6.42 Å². The van der Waals surface area contributed by atoms with Gasteiger partial charge in [0.05, 0.1) is 5.41 Å². The molecule has 1 aromatic carbocycles. The van der Waals surface area contributed by atoms with Gasteiger partial charge in [-0.2, -0.15) is 0 Å². The van der Waals surface area contributed by atoms with Gasteiger partial charge in [0.2, 0.25) is 5.91 Å². The molecular weight excluding hydrogens is 230 g/mol. The van der Waals surface area contributed by atoms with Crippen molar-refractivity contribution in [3.05, 3.63) is 35.9 Å². The molecule has 1 amide bonds. The third kappa shape index (κ3) is 2.70. The first-order valence-corrected chi connectivity index (χ1v) is 6.11. The van der Waals surface area contributed by atoms with E-state index in [1.54, 1.807) is 0 Å². The number of benzene rings is 1. The van der Waals surface area contributed by atoms with Crippen LogP contribution >= 0.6 is 0 Å². The minimum absolute atomic E-state index is 0.138. The number of rotatable bonds is 5. The predicted molar refractivity (Wildman–Crippen MR) is 67.1 cm³/mol. The Morgan fingerprint density at radius 1 is 1.33 bits per heavy atom. The van der Waals surface area contributed by atoms with E-state index in [0.717, 1.165) is 18.4 Å². The fourth-order valence-corrected chi connectivity index (χ4v) is 2.03. The van der Waals surface area contributed by atoms with E-state index < -0.39 is 12.0 Å². The van der Waals surface area contributed by atoms with Crippen LogP contribution in [0.5, 0.6) is 0 Å². The summed E-state index contributed by atoms with van der Waals surface area (Å²) in [4.78, 5) is 22.8. The van der Waals surface area contributed by atoms with E-state index in [1.165, 1.54) is 6.92 Å². The smallest absolute Gasteiger partial charge is 0.325 e. The van der Waals surface area contributed by atoms with Gasteiger partial charge in [0.15, 0.2) is 0 Å². The predicted octanol–water partition coefficient (Wildman–Crippen LogP) is 1.60. The Balaban J connectivity index is 1.99. The molecule has 18 heavy (non-hydrogen) atoms. The van der Waals surface area contributed by atoms with Gasteiger partial charge in [0.25, 0.3) is 0 Å². The SMILES string of the molecule is C[C@@H](NC(=O)C1(Cc2ccccc2)CC1)C(=O)O. The third-order valence-electron chi connectivity index (χ3n) is 3.44. The van der Waals surface area contributed by atoms with Gasteiger partial charge in [-0.05, 0) is 31.7 Å². The highest BCUT2D eigenvalue weighted by Gasteiger charge is 2.50. The van der Waals surface area contributed by atoms with Gasteiger partial charge in [-0.1, -0.05) is 30.3 Å². The number of aliphatic carboxylic acids is 1. The monoisotopic (exact) mass is 247 g/mol. The van der Waals surface area contributed by atoms with Crippen LogP contribution in [0.4, 0.5) is 0 Å². The molecule has 1 aromatic rings. The summed E-state index contributed by atoms with van der Waals surface area (Å²) in [5.41, 5.74) is 0.735. The fraction of sp³-hybridized carbons (Fsp3) is 0.429. The van der Waals surface area contributed by atoms with E-state index in [4.69, 9.17) is 5.11 Å². The molecule has 1 aliphatic carbocycles. The van der Waals surface area contributed by atoms with Crippen molar-refractivity contribution < 1.29 is 14.7 Å². The second kappa shape index (κ2) is 4.80. The number of nitrogens with one attached hydrogen (secondary N) is 1. The number of carboxylic acids is 1. The lowest BCUT2D eigenvalue weighted by molar-refractivity contribution is -0.142. The molecule has 1 fully saturated rings. The number of carbonyl (C=O) groups is 2. The van der Waals surface area contributed by atoms with E-state index in [2.05, 4.69) is 5.32 Å². The summed E-state index contributed by atoms with van der Waals surface area (Å²) in [6.45, 7) is 1.48. The zero-order valence-electron chi connectivity index (χ0n) is 10.3. The third-order valence-corrected chi connectivity index (χ3v) is 3.44. The highest BCUT2D eigenvalue weighted by molar-refractivity contribution is 5.89. The van der Waals surface area contributed by atoms with Gasteiger partial charge in [0, 0.05) is 0 Å². The molecule has 0 spiro atoms. The molecule has 0 bridgehead atoms. The Morgan fingerprint density at radius 2 is 1.94 bits per heavy atom. The maximum Gasteiger partial charge on any atom is 0.325 e. The fourth-order valence-electron chi connectivity index (χ4n) is 2.03. The van der Waals surface area contributed by atoms with Crippen LogP contribution < -0.4 is 5.32 Å². The Hall–Kier alpha value is -1.84. The van der Waals surface area contributed by atoms with Gasteiger partial charge in [-0.25, -0.2) is 0 Å². The standard InChI is InChI=1S/C14H17NO3/c1-10(12(16)17)15-13(18)14(7-8-14)9-11-5-3-2-4-6-11/h2-6,10H,7-9H2,1H3,(H,15,18)(H,16,17)/t10-/m1/s1. The van der Waals surface area contributed by atoms with Crippen molar-refractivity contribution in [3.63, 3.8) is 0 Å². The van der Waals surface area contributed by atoms with Crippen LogP contribution in [0.25, 0.3) is 0 Å². The summed E-state index contributed by atoms with van der Waals surface area (Å²) in [5.74, 6) is -1.14. The summed E-state index contributed by atoms with van der Waals surface area (Å²) in [7, 11) is 0. The van der Waals surface area contributed by atoms with Gasteiger partial charge < -0.3 is 10.4 Å². The molecular formula is C14H17NO3. The molecule has 0 aromatic heterocycles. The maximum absolute atomic E-state index is 12.1. The minimum atomic E-state index is -1.00. The molecule has 0 saturated heterocycles. The highest BCUT2D eigenvalue weighted by atomic mass is 16.4. The lowest BCUT2D eigenvalue weighted by atomic mass is 9.95. The largest absolute Gasteiger partial charge is 0.480 e. The maximum atomic E-state index is 12.1. The molecule has 0 unspecified atom stereocenters. The lowest BCUT2D eigenvalue weighted by Crippen LogP contribution is -2.43. The average Bonchev–Trinajstić information content (AvgIpc) is 3.11. The number of carboxylic acid groups (broad SMARTS) is 1. The van der Waals surface area contributed by atoms with Crippen LogP contribution in [0.1, 0.15) is 25.3 Å². The van der Waals surface area contributed by atoms with Crippen molar-refractivity contribution in [2.24, 2.45) is 5.41 Å². The Labute approximate surface area is 106 Å². The van der Waals surface area contributed by atoms with Crippen LogP contribution in [0.15, 0.2) is 30.3 Å². The second-order valence-corrected chi connectivity index (χ2v) is 4.98. The molecule has 1 saturated carbocycles. The van der Waals surface area contributed by atoms with Crippen molar-refractivity contribution in [2.75, 3.05) is 0 Å². The Bertz CT molecular complexity index is 451. The minimum Gasteiger partial charge on any atom is -0.480 e. The first-order valence-electron chi connectivity index (χ1n) is 6.11. The van der Waals surface area contributed by atoms with E-state index >= 15 is 0 Å². The molecule has 2 N–H and O–H groups in total. The molecule has 96 valence electrons. The quantitative estimate of drug-likeness (QED) is 0.830. The highest BCUT2D eigenvalue weighted by Crippen LogP contribution is 2.48. The zero-order chi connectivity index (χ0) is 13.2. The van der Waals surface area contributed by atoms with Gasteiger partial charge in [-0.3, -0.25) is 9.59 Å². The van der Waals surface area contributed by atoms with Crippen LogP contribution in [-0.4, -0.2) is 23.0 Å². The molecule has 1 aliphatic rings. The topological polar surface area (TPSA) is 66.4 Å². The zero-order valence-corrected chi connectivity index (χ0v) is 10.3. The van der Waals surface area contributed by atoms with E-state index in [9.17, 15) is 9.59 Å². The molecule has 0 heterocycles. The summed E-state index contributed by atoms with van der Waals surface area (Å²) < 4.78 is 0. The van der Waals surface area contributed by atoms with Gasteiger partial charge in [0.1, 0.15) is 6.04 Å². The van der Waals surface area contributed by atoms with Gasteiger partial charge >= 0.3 is 5.97 Å². The first-order chi connectivity index (χ1) is 8.53. The van der Waals surface area contributed by atoms with E-state index in [1.807, 2.05) is 30.3 Å². The first kappa shape index (κ1) is 12.6. The number of hydrogen-bond acceptors (Lipinski definition) is 2. The van der Waals surface area contributed by atoms with Crippen LogP contribution in [0.2, 0.25) is 0 Å². The molecule has 0 aliphatic heterocycles. The van der Waals surface area contributed by atoms with E-state index in [-0.39, 0.29) is 11.3 Å². The molecule has 0 radical (unpaired) electrons. The van der Waals surface area contributed by atoms with Crippen LogP contribution in [0.3, 0.4) is 0 Å². The summed E-state index contributed by atoms with van der Waals surface area (Å²) in [6, 6.07) is 9.00. The molecule has 4 heteroatoms. The summed E-state index contributed by atoms with van der Waals surface area (Å²) in [6.07, 6.45) is 2.35. The lowest BCUT2D eigenvalue weighted by Gasteiger charge is -2.17. The molecule has 1 atom stereocenters. The van der Waals surface area contributed by atoms with Crippen LogP contribution in [0, 0.1) is 5.41 Å². The summed E-state index contributed by atoms with van der Waals surface area (Å²) in [5, 5.41) is 11.4. The average molecular weight is 247 g/mol. The van der Waals surface area contributed by atoms with Crippen molar-refractivity contribution in [2.45, 2.75) is 32.2 Å². The number of hydrogen-bond donors (Lipinski definition) is 2. The number of amides is 1.